The lowest BCUT2D eigenvalue weighted by atomic mass is 9.70. The lowest BCUT2D eigenvalue weighted by molar-refractivity contribution is 0.174. The van der Waals surface area contributed by atoms with Gasteiger partial charge in [0.05, 0.1) is 0 Å². The first kappa shape index (κ1) is 6.66. The topological polar surface area (TPSA) is 12.0 Å². The van der Waals surface area contributed by atoms with Crippen LogP contribution in [0.3, 0.4) is 0 Å². The average molecular weight is 139 g/mol. The van der Waals surface area contributed by atoms with Gasteiger partial charge < -0.3 is 5.32 Å². The molecule has 2 aliphatic rings. The first-order valence-corrected chi connectivity index (χ1v) is 4.52. The highest BCUT2D eigenvalue weighted by Gasteiger charge is 2.39. The van der Waals surface area contributed by atoms with Gasteiger partial charge in [-0.05, 0) is 30.7 Å². The smallest absolute Gasteiger partial charge is 0.000841 e. The predicted molar refractivity (Wildman–Crippen MR) is 42.9 cm³/mol. The van der Waals surface area contributed by atoms with Gasteiger partial charge in [-0.2, -0.15) is 0 Å². The molecule has 2 fully saturated rings. The van der Waals surface area contributed by atoms with E-state index in [0.29, 0.717) is 5.41 Å². The zero-order valence-corrected chi connectivity index (χ0v) is 6.82. The molecule has 0 radical (unpaired) electrons. The van der Waals surface area contributed by atoms with E-state index in [4.69, 9.17) is 0 Å². The van der Waals surface area contributed by atoms with Gasteiger partial charge in [0.1, 0.15) is 0 Å². The summed E-state index contributed by atoms with van der Waals surface area (Å²) in [5.74, 6) is 1.00. The van der Waals surface area contributed by atoms with E-state index in [2.05, 4.69) is 12.2 Å². The highest BCUT2D eigenvalue weighted by molar-refractivity contribution is 4.93. The van der Waals surface area contributed by atoms with Crippen molar-refractivity contribution in [3.8, 4) is 0 Å². The Bertz CT molecular complexity index is 133. The van der Waals surface area contributed by atoms with Crippen LogP contribution in [0.1, 0.15) is 32.6 Å². The summed E-state index contributed by atoms with van der Waals surface area (Å²) in [6.45, 7) is 5.02. The molecule has 1 aliphatic carbocycles. The molecule has 0 amide bonds. The van der Waals surface area contributed by atoms with Crippen LogP contribution in [0.4, 0.5) is 0 Å². The molecular formula is C9H17N. The van der Waals surface area contributed by atoms with Crippen molar-refractivity contribution in [2.75, 3.05) is 13.1 Å². The van der Waals surface area contributed by atoms with Crippen molar-refractivity contribution < 1.29 is 0 Å². The monoisotopic (exact) mass is 139 g/mol. The van der Waals surface area contributed by atoms with Crippen molar-refractivity contribution in [2.24, 2.45) is 11.3 Å². The first-order valence-electron chi connectivity index (χ1n) is 4.52. The maximum Gasteiger partial charge on any atom is 0.000841 e. The zero-order valence-electron chi connectivity index (χ0n) is 6.82. The van der Waals surface area contributed by atoms with Crippen LogP contribution in [-0.4, -0.2) is 13.1 Å². The summed E-state index contributed by atoms with van der Waals surface area (Å²) < 4.78 is 0. The normalized spacial score (nSPS) is 47.1. The van der Waals surface area contributed by atoms with Crippen LogP contribution in [0.2, 0.25) is 0 Å². The molecule has 2 unspecified atom stereocenters. The number of rotatable bonds is 0. The Morgan fingerprint density at radius 1 is 1.40 bits per heavy atom. The molecule has 2 atom stereocenters. The quantitative estimate of drug-likeness (QED) is 0.539. The Morgan fingerprint density at radius 3 is 3.10 bits per heavy atom. The summed E-state index contributed by atoms with van der Waals surface area (Å²) in [6.07, 6.45) is 5.88. The largest absolute Gasteiger partial charge is 0.316 e. The van der Waals surface area contributed by atoms with Crippen LogP contribution in [-0.2, 0) is 0 Å². The van der Waals surface area contributed by atoms with Crippen LogP contribution in [0.5, 0.6) is 0 Å². The fourth-order valence-electron chi connectivity index (χ4n) is 2.59. The highest BCUT2D eigenvalue weighted by Crippen LogP contribution is 2.42. The summed E-state index contributed by atoms with van der Waals surface area (Å²) >= 11 is 0. The minimum atomic E-state index is 0.679. The molecule has 1 saturated heterocycles. The fourth-order valence-corrected chi connectivity index (χ4v) is 2.59. The van der Waals surface area contributed by atoms with Crippen LogP contribution >= 0.6 is 0 Å². The second-order valence-corrected chi connectivity index (χ2v) is 4.23. The SMILES string of the molecule is CC12CCCCC1CNC2. The lowest BCUT2D eigenvalue weighted by Gasteiger charge is -2.34. The van der Waals surface area contributed by atoms with Gasteiger partial charge in [0.15, 0.2) is 0 Å². The molecule has 1 heteroatoms. The lowest BCUT2D eigenvalue weighted by Crippen LogP contribution is -2.29. The van der Waals surface area contributed by atoms with E-state index in [1.165, 1.54) is 38.8 Å². The fraction of sp³-hybridized carbons (Fsp3) is 1.00. The molecular weight excluding hydrogens is 122 g/mol. The maximum absolute atomic E-state index is 3.50. The summed E-state index contributed by atoms with van der Waals surface area (Å²) in [5, 5.41) is 3.50. The van der Waals surface area contributed by atoms with Crippen LogP contribution in [0, 0.1) is 11.3 Å². The van der Waals surface area contributed by atoms with Gasteiger partial charge in [0.25, 0.3) is 0 Å². The number of fused-ring (bicyclic) bond motifs is 1. The molecule has 0 aromatic heterocycles. The standard InChI is InChI=1S/C9H17N/c1-9-5-3-2-4-8(9)6-10-7-9/h8,10H,2-7H2,1H3. The molecule has 58 valence electrons. The molecule has 0 bridgehead atoms. The molecule has 10 heavy (non-hydrogen) atoms. The summed E-state index contributed by atoms with van der Waals surface area (Å²) in [7, 11) is 0. The third-order valence-electron chi connectivity index (χ3n) is 3.46. The molecule has 1 N–H and O–H groups in total. The molecule has 0 aromatic rings. The van der Waals surface area contributed by atoms with E-state index in [-0.39, 0.29) is 0 Å². The Hall–Kier alpha value is -0.0400. The van der Waals surface area contributed by atoms with E-state index in [0.717, 1.165) is 5.92 Å². The van der Waals surface area contributed by atoms with Gasteiger partial charge in [-0.25, -0.2) is 0 Å². The van der Waals surface area contributed by atoms with Crippen LogP contribution in [0.25, 0.3) is 0 Å². The summed E-state index contributed by atoms with van der Waals surface area (Å²) in [6, 6.07) is 0. The van der Waals surface area contributed by atoms with E-state index in [1.54, 1.807) is 0 Å². The Morgan fingerprint density at radius 2 is 2.30 bits per heavy atom. The molecule has 0 spiro atoms. The average Bonchev–Trinajstić information content (AvgIpc) is 2.29. The van der Waals surface area contributed by atoms with Crippen molar-refractivity contribution in [1.82, 2.24) is 5.32 Å². The molecule has 1 nitrogen and oxygen atoms in total. The van der Waals surface area contributed by atoms with Crippen molar-refractivity contribution in [3.63, 3.8) is 0 Å². The number of hydrogen-bond acceptors (Lipinski definition) is 1. The second-order valence-electron chi connectivity index (χ2n) is 4.23. The predicted octanol–water partition coefficient (Wildman–Crippen LogP) is 1.79. The van der Waals surface area contributed by atoms with Gasteiger partial charge >= 0.3 is 0 Å². The Labute approximate surface area is 63.2 Å². The highest BCUT2D eigenvalue weighted by atomic mass is 14.9. The van der Waals surface area contributed by atoms with E-state index < -0.39 is 0 Å². The zero-order chi connectivity index (χ0) is 7.03. The molecule has 1 saturated carbocycles. The van der Waals surface area contributed by atoms with Gasteiger partial charge in [-0.1, -0.05) is 19.8 Å². The van der Waals surface area contributed by atoms with E-state index in [1.807, 2.05) is 0 Å². The van der Waals surface area contributed by atoms with Gasteiger partial charge in [-0.15, -0.1) is 0 Å². The van der Waals surface area contributed by atoms with Crippen molar-refractivity contribution in [2.45, 2.75) is 32.6 Å². The van der Waals surface area contributed by atoms with Crippen molar-refractivity contribution >= 4 is 0 Å². The third kappa shape index (κ3) is 0.878. The Balaban J connectivity index is 2.10. The molecule has 1 aliphatic heterocycles. The van der Waals surface area contributed by atoms with E-state index in [9.17, 15) is 0 Å². The molecule has 2 rings (SSSR count). The minimum Gasteiger partial charge on any atom is -0.316 e. The molecule has 1 heterocycles. The summed E-state index contributed by atoms with van der Waals surface area (Å²) in [5.41, 5.74) is 0.679. The third-order valence-corrected chi connectivity index (χ3v) is 3.46. The number of nitrogens with one attached hydrogen (secondary N) is 1. The van der Waals surface area contributed by atoms with Crippen LogP contribution in [0.15, 0.2) is 0 Å². The van der Waals surface area contributed by atoms with Crippen molar-refractivity contribution in [3.05, 3.63) is 0 Å². The summed E-state index contributed by atoms with van der Waals surface area (Å²) in [4.78, 5) is 0. The van der Waals surface area contributed by atoms with Gasteiger partial charge in [-0.3, -0.25) is 0 Å². The van der Waals surface area contributed by atoms with Gasteiger partial charge in [0.2, 0.25) is 0 Å². The Kier molecular flexibility index (Phi) is 1.48. The van der Waals surface area contributed by atoms with Gasteiger partial charge in [0, 0.05) is 6.54 Å². The van der Waals surface area contributed by atoms with Crippen LogP contribution < -0.4 is 5.32 Å². The van der Waals surface area contributed by atoms with Crippen molar-refractivity contribution in [1.29, 1.82) is 0 Å². The van der Waals surface area contributed by atoms with E-state index >= 15 is 0 Å². The molecule has 0 aromatic carbocycles. The minimum absolute atomic E-state index is 0.679. The number of hydrogen-bond donors (Lipinski definition) is 1. The first-order chi connectivity index (χ1) is 4.81. The second kappa shape index (κ2) is 2.23. The maximum atomic E-state index is 3.50.